The summed E-state index contributed by atoms with van der Waals surface area (Å²) in [5.74, 6) is -0.900. The van der Waals surface area contributed by atoms with Gasteiger partial charge < -0.3 is 10.4 Å². The minimum atomic E-state index is -0.989. The third kappa shape index (κ3) is 5.08. The molecule has 0 unspecified atom stereocenters. The monoisotopic (exact) mass is 323 g/mol. The van der Waals surface area contributed by atoms with Crippen LogP contribution in [-0.4, -0.2) is 32.8 Å². The molecule has 0 bridgehead atoms. The number of nitrogens with one attached hydrogen (secondary N) is 1. The predicted molar refractivity (Wildman–Crippen MR) is 89.3 cm³/mol. The van der Waals surface area contributed by atoms with Gasteiger partial charge in [0.05, 0.1) is 12.1 Å². The first-order valence-electron chi connectivity index (χ1n) is 8.22. The Hall–Kier alpha value is -1.85. The van der Waals surface area contributed by atoms with Crippen LogP contribution in [0.3, 0.4) is 0 Å². The first-order chi connectivity index (χ1) is 10.7. The Morgan fingerprint density at radius 3 is 2.35 bits per heavy atom. The summed E-state index contributed by atoms with van der Waals surface area (Å²) in [5.41, 5.74) is 2.69. The summed E-state index contributed by atoms with van der Waals surface area (Å²) in [5, 5.41) is 16.4. The Bertz CT molecular complexity index is 564. The van der Waals surface area contributed by atoms with Crippen LogP contribution in [0.15, 0.2) is 0 Å². The van der Waals surface area contributed by atoms with E-state index < -0.39 is 12.0 Å². The molecule has 0 saturated heterocycles. The van der Waals surface area contributed by atoms with E-state index in [0.717, 1.165) is 23.5 Å². The topological polar surface area (TPSA) is 84.2 Å². The molecular weight excluding hydrogens is 294 g/mol. The fourth-order valence-corrected chi connectivity index (χ4v) is 2.58. The minimum Gasteiger partial charge on any atom is -0.480 e. The van der Waals surface area contributed by atoms with E-state index in [1.807, 2.05) is 32.4 Å². The highest BCUT2D eigenvalue weighted by Crippen LogP contribution is 2.16. The largest absolute Gasteiger partial charge is 0.480 e. The molecule has 2 atom stereocenters. The first kappa shape index (κ1) is 19.2. The van der Waals surface area contributed by atoms with Crippen molar-refractivity contribution < 1.29 is 14.7 Å². The molecule has 1 aromatic rings. The van der Waals surface area contributed by atoms with Gasteiger partial charge >= 0.3 is 5.97 Å². The van der Waals surface area contributed by atoms with Crippen molar-refractivity contribution in [2.24, 2.45) is 11.8 Å². The maximum Gasteiger partial charge on any atom is 0.326 e. The minimum absolute atomic E-state index is 0.109. The van der Waals surface area contributed by atoms with Gasteiger partial charge in [0.1, 0.15) is 6.04 Å². The van der Waals surface area contributed by atoms with Crippen LogP contribution in [0.2, 0.25) is 0 Å². The molecule has 0 fully saturated rings. The summed E-state index contributed by atoms with van der Waals surface area (Å²) in [6.07, 6.45) is 0.859. The lowest BCUT2D eigenvalue weighted by atomic mass is 9.99. The number of aromatic nitrogens is 2. The van der Waals surface area contributed by atoms with Crippen molar-refractivity contribution in [2.75, 3.05) is 0 Å². The maximum atomic E-state index is 12.3. The number of nitrogens with zero attached hydrogens (tertiary/aromatic N) is 2. The lowest BCUT2D eigenvalue weighted by Crippen LogP contribution is -2.45. The van der Waals surface area contributed by atoms with Crippen LogP contribution < -0.4 is 5.32 Å². The predicted octanol–water partition coefficient (Wildman–Crippen LogP) is 2.31. The Kier molecular flexibility index (Phi) is 6.79. The van der Waals surface area contributed by atoms with Crippen molar-refractivity contribution in [1.82, 2.24) is 15.1 Å². The van der Waals surface area contributed by atoms with Gasteiger partial charge in [0.15, 0.2) is 0 Å². The molecule has 23 heavy (non-hydrogen) atoms. The molecule has 0 aromatic carbocycles. The van der Waals surface area contributed by atoms with Crippen LogP contribution >= 0.6 is 0 Å². The molecule has 0 saturated carbocycles. The molecule has 1 heterocycles. The second-order valence-corrected chi connectivity index (χ2v) is 6.67. The molecule has 130 valence electrons. The molecule has 0 aliphatic rings. The Morgan fingerprint density at radius 2 is 1.87 bits per heavy atom. The Labute approximate surface area is 138 Å². The van der Waals surface area contributed by atoms with E-state index in [1.54, 1.807) is 0 Å². The molecule has 0 spiro atoms. The van der Waals surface area contributed by atoms with Gasteiger partial charge in [-0.2, -0.15) is 5.10 Å². The second-order valence-electron chi connectivity index (χ2n) is 6.67. The number of carboxylic acid groups (broad SMARTS) is 1. The van der Waals surface area contributed by atoms with E-state index in [9.17, 15) is 14.7 Å². The molecule has 0 aliphatic heterocycles. The van der Waals surface area contributed by atoms with E-state index in [-0.39, 0.29) is 18.2 Å². The number of carbonyl (C=O) groups is 2. The van der Waals surface area contributed by atoms with Crippen LogP contribution in [0.4, 0.5) is 0 Å². The summed E-state index contributed by atoms with van der Waals surface area (Å²) < 4.78 is 1.92. The van der Waals surface area contributed by atoms with Gasteiger partial charge in [-0.15, -0.1) is 0 Å². The fourth-order valence-electron chi connectivity index (χ4n) is 2.58. The Morgan fingerprint density at radius 1 is 1.26 bits per heavy atom. The number of amides is 1. The van der Waals surface area contributed by atoms with Crippen LogP contribution in [0, 0.1) is 25.7 Å². The highest BCUT2D eigenvalue weighted by atomic mass is 16.4. The normalized spacial score (nSPS) is 13.9. The average Bonchev–Trinajstić information content (AvgIpc) is 2.70. The zero-order chi connectivity index (χ0) is 17.7. The van der Waals surface area contributed by atoms with Gasteiger partial charge in [0.25, 0.3) is 0 Å². The van der Waals surface area contributed by atoms with Crippen molar-refractivity contribution in [3.8, 4) is 0 Å². The number of carboxylic acids is 1. The quantitative estimate of drug-likeness (QED) is 0.769. The zero-order valence-electron chi connectivity index (χ0n) is 15.0. The summed E-state index contributed by atoms with van der Waals surface area (Å²) in [6, 6.07) is -0.848. The lowest BCUT2D eigenvalue weighted by Gasteiger charge is -2.20. The van der Waals surface area contributed by atoms with Crippen molar-refractivity contribution >= 4 is 11.9 Å². The molecule has 6 heteroatoms. The van der Waals surface area contributed by atoms with Gasteiger partial charge in [-0.1, -0.05) is 34.1 Å². The first-order valence-corrected chi connectivity index (χ1v) is 8.22. The maximum absolute atomic E-state index is 12.3. The van der Waals surface area contributed by atoms with E-state index in [1.165, 1.54) is 0 Å². The molecule has 0 aliphatic carbocycles. The van der Waals surface area contributed by atoms with E-state index >= 15 is 0 Å². The summed E-state index contributed by atoms with van der Waals surface area (Å²) in [6.45, 7) is 12.6. The molecule has 6 nitrogen and oxygen atoms in total. The van der Waals surface area contributed by atoms with E-state index in [4.69, 9.17) is 0 Å². The standard InChI is InChI=1S/C17H29N3O3/c1-7-11(4)16(17(22)23)18-15(21)8-14-12(5)19-20(13(14)6)9-10(2)3/h10-11,16H,7-9H2,1-6H3,(H,18,21)(H,22,23)/t11-,16-/m0/s1. The SMILES string of the molecule is CC[C@H](C)[C@H](NC(=O)Cc1c(C)nn(CC(C)C)c1C)C(=O)O. The number of aliphatic carboxylic acids is 1. The molecule has 0 radical (unpaired) electrons. The van der Waals surface area contributed by atoms with Gasteiger partial charge in [0.2, 0.25) is 5.91 Å². The van der Waals surface area contributed by atoms with Gasteiger partial charge in [-0.05, 0) is 25.7 Å². The number of hydrogen-bond donors (Lipinski definition) is 2. The van der Waals surface area contributed by atoms with Crippen molar-refractivity contribution in [3.05, 3.63) is 17.0 Å². The summed E-state index contributed by atoms with van der Waals surface area (Å²) in [4.78, 5) is 23.6. The number of carbonyl (C=O) groups excluding carboxylic acids is 1. The smallest absolute Gasteiger partial charge is 0.326 e. The van der Waals surface area contributed by atoms with Gasteiger partial charge in [-0.3, -0.25) is 9.48 Å². The fraction of sp³-hybridized carbons (Fsp3) is 0.706. The third-order valence-electron chi connectivity index (χ3n) is 4.20. The molecule has 1 aromatic heterocycles. The van der Waals surface area contributed by atoms with Crippen LogP contribution in [0.1, 0.15) is 51.1 Å². The molecule has 2 N–H and O–H groups in total. The molecule has 1 rings (SSSR count). The van der Waals surface area contributed by atoms with Crippen LogP contribution in [0.5, 0.6) is 0 Å². The summed E-state index contributed by atoms with van der Waals surface area (Å²) in [7, 11) is 0. The van der Waals surface area contributed by atoms with Gasteiger partial charge in [-0.25, -0.2) is 4.79 Å². The summed E-state index contributed by atoms with van der Waals surface area (Å²) >= 11 is 0. The number of hydrogen-bond acceptors (Lipinski definition) is 3. The average molecular weight is 323 g/mol. The van der Waals surface area contributed by atoms with Crippen molar-refractivity contribution in [2.45, 2.75) is 67.0 Å². The number of rotatable bonds is 8. The highest BCUT2D eigenvalue weighted by Gasteiger charge is 2.26. The van der Waals surface area contributed by atoms with E-state index in [2.05, 4.69) is 24.3 Å². The zero-order valence-corrected chi connectivity index (χ0v) is 15.0. The lowest BCUT2D eigenvalue weighted by molar-refractivity contribution is -0.143. The van der Waals surface area contributed by atoms with Gasteiger partial charge in [0, 0.05) is 17.8 Å². The third-order valence-corrected chi connectivity index (χ3v) is 4.20. The van der Waals surface area contributed by atoms with Crippen LogP contribution in [-0.2, 0) is 22.6 Å². The highest BCUT2D eigenvalue weighted by molar-refractivity contribution is 5.85. The van der Waals surface area contributed by atoms with Crippen molar-refractivity contribution in [3.63, 3.8) is 0 Å². The molecule has 1 amide bonds. The molecular formula is C17H29N3O3. The number of aryl methyl sites for hydroxylation is 1. The van der Waals surface area contributed by atoms with E-state index in [0.29, 0.717) is 12.3 Å². The Balaban J connectivity index is 2.85. The van der Waals surface area contributed by atoms with Crippen LogP contribution in [0.25, 0.3) is 0 Å². The second kappa shape index (κ2) is 8.13. The van der Waals surface area contributed by atoms with Crippen molar-refractivity contribution in [1.29, 1.82) is 0 Å².